The van der Waals surface area contributed by atoms with E-state index in [-0.39, 0.29) is 11.7 Å². The maximum atomic E-state index is 13.5. The molecule has 2 aromatic heterocycles. The Labute approximate surface area is 120 Å². The summed E-state index contributed by atoms with van der Waals surface area (Å²) in [7, 11) is 0. The van der Waals surface area contributed by atoms with Gasteiger partial charge in [-0.15, -0.1) is 10.2 Å². The number of amides is 1. The molecule has 0 aliphatic heterocycles. The lowest BCUT2D eigenvalue weighted by atomic mass is 10.2. The van der Waals surface area contributed by atoms with Crippen LogP contribution >= 0.6 is 0 Å². The van der Waals surface area contributed by atoms with E-state index in [0.29, 0.717) is 28.3 Å². The number of hydrogen-bond acceptors (Lipinski definition) is 3. The van der Waals surface area contributed by atoms with Crippen molar-refractivity contribution >= 4 is 17.2 Å². The van der Waals surface area contributed by atoms with Gasteiger partial charge in [-0.1, -0.05) is 6.07 Å². The number of halogens is 1. The van der Waals surface area contributed by atoms with Crippen molar-refractivity contribution in [3.8, 4) is 0 Å². The second-order valence-electron chi connectivity index (χ2n) is 4.81. The number of carbonyl (C=O) groups excluding carboxylic acids is 1. The number of hydrogen-bond donors (Lipinski definition) is 1. The first-order valence-corrected chi connectivity index (χ1v) is 6.43. The van der Waals surface area contributed by atoms with Crippen molar-refractivity contribution in [3.63, 3.8) is 0 Å². The summed E-state index contributed by atoms with van der Waals surface area (Å²) in [6.45, 7) is 3.47. The normalized spacial score (nSPS) is 10.8. The molecule has 21 heavy (non-hydrogen) atoms. The van der Waals surface area contributed by atoms with Gasteiger partial charge in [-0.2, -0.15) is 0 Å². The van der Waals surface area contributed by atoms with Crippen LogP contribution in [0.5, 0.6) is 0 Å². The lowest BCUT2D eigenvalue weighted by molar-refractivity contribution is 0.102. The summed E-state index contributed by atoms with van der Waals surface area (Å²) in [6, 6.07) is 7.96. The Bertz CT molecular complexity index is 841. The maximum absolute atomic E-state index is 13.5. The molecule has 0 spiro atoms. The summed E-state index contributed by atoms with van der Waals surface area (Å²) in [5.41, 5.74) is 2.08. The van der Waals surface area contributed by atoms with E-state index in [1.165, 1.54) is 6.07 Å². The number of nitrogens with one attached hydrogen (secondary N) is 1. The summed E-state index contributed by atoms with van der Waals surface area (Å²) in [4.78, 5) is 12.2. The molecule has 0 radical (unpaired) electrons. The molecule has 0 fully saturated rings. The zero-order valence-corrected chi connectivity index (χ0v) is 11.6. The number of fused-ring (bicyclic) bond motifs is 1. The molecule has 1 N–H and O–H groups in total. The number of aromatic nitrogens is 3. The average molecular weight is 284 g/mol. The van der Waals surface area contributed by atoms with Crippen LogP contribution < -0.4 is 5.32 Å². The van der Waals surface area contributed by atoms with Gasteiger partial charge in [-0.05, 0) is 43.7 Å². The number of nitrogens with zero attached hydrogens (tertiary/aromatic N) is 3. The molecule has 6 heteroatoms. The molecule has 5 nitrogen and oxygen atoms in total. The Morgan fingerprint density at radius 2 is 2.00 bits per heavy atom. The Balaban J connectivity index is 1.89. The van der Waals surface area contributed by atoms with Gasteiger partial charge in [0.15, 0.2) is 5.65 Å². The minimum absolute atomic E-state index is 0.312. The van der Waals surface area contributed by atoms with Crippen LogP contribution in [0, 0.1) is 19.7 Å². The summed E-state index contributed by atoms with van der Waals surface area (Å²) in [5, 5.41) is 10.6. The molecule has 2 heterocycles. The fourth-order valence-electron chi connectivity index (χ4n) is 2.01. The predicted octanol–water partition coefficient (Wildman–Crippen LogP) is 2.74. The highest BCUT2D eigenvalue weighted by Crippen LogP contribution is 2.15. The fourth-order valence-corrected chi connectivity index (χ4v) is 2.01. The largest absolute Gasteiger partial charge is 0.322 e. The van der Waals surface area contributed by atoms with Gasteiger partial charge in [0.05, 0.1) is 5.56 Å². The molecule has 0 saturated carbocycles. The molecule has 1 aromatic carbocycles. The Morgan fingerprint density at radius 3 is 2.76 bits per heavy atom. The Morgan fingerprint density at radius 1 is 1.19 bits per heavy atom. The van der Waals surface area contributed by atoms with Gasteiger partial charge in [0.2, 0.25) is 0 Å². The van der Waals surface area contributed by atoms with Crippen LogP contribution in [-0.4, -0.2) is 20.5 Å². The quantitative estimate of drug-likeness (QED) is 0.787. The molecule has 3 aromatic rings. The summed E-state index contributed by atoms with van der Waals surface area (Å²) >= 11 is 0. The van der Waals surface area contributed by atoms with Gasteiger partial charge in [0, 0.05) is 11.9 Å². The number of aryl methyl sites for hydroxylation is 2. The summed E-state index contributed by atoms with van der Waals surface area (Å²) in [6.07, 6.45) is 1.66. The maximum Gasteiger partial charge on any atom is 0.257 e. The van der Waals surface area contributed by atoms with Crippen LogP contribution in [0.1, 0.15) is 21.7 Å². The third-order valence-corrected chi connectivity index (χ3v) is 3.26. The van der Waals surface area contributed by atoms with Crippen molar-refractivity contribution < 1.29 is 9.18 Å². The molecule has 0 atom stereocenters. The Kier molecular flexibility index (Phi) is 3.13. The van der Waals surface area contributed by atoms with E-state index in [4.69, 9.17) is 0 Å². The number of pyridine rings is 1. The van der Waals surface area contributed by atoms with Crippen molar-refractivity contribution in [1.29, 1.82) is 0 Å². The second kappa shape index (κ2) is 4.97. The zero-order chi connectivity index (χ0) is 15.0. The van der Waals surface area contributed by atoms with Gasteiger partial charge < -0.3 is 5.32 Å². The lowest BCUT2D eigenvalue weighted by Gasteiger charge is -2.07. The van der Waals surface area contributed by atoms with E-state index in [9.17, 15) is 9.18 Å². The average Bonchev–Trinajstić information content (AvgIpc) is 2.84. The first-order chi connectivity index (χ1) is 10.0. The first kappa shape index (κ1) is 13.2. The van der Waals surface area contributed by atoms with E-state index < -0.39 is 0 Å². The van der Waals surface area contributed by atoms with Crippen molar-refractivity contribution in [2.75, 3.05) is 5.32 Å². The molecule has 0 saturated heterocycles. The highest BCUT2D eigenvalue weighted by Gasteiger charge is 2.10. The highest BCUT2D eigenvalue weighted by molar-refractivity contribution is 6.04. The molecule has 0 aliphatic carbocycles. The van der Waals surface area contributed by atoms with Crippen LogP contribution in [-0.2, 0) is 0 Å². The van der Waals surface area contributed by atoms with Crippen molar-refractivity contribution in [2.45, 2.75) is 13.8 Å². The molecular formula is C15H13FN4O. The molecule has 106 valence electrons. The smallest absolute Gasteiger partial charge is 0.257 e. The van der Waals surface area contributed by atoms with E-state index in [0.717, 1.165) is 0 Å². The van der Waals surface area contributed by atoms with Crippen molar-refractivity contribution in [2.24, 2.45) is 0 Å². The zero-order valence-electron chi connectivity index (χ0n) is 11.6. The van der Waals surface area contributed by atoms with Crippen LogP contribution in [0.15, 0.2) is 36.5 Å². The number of anilines is 1. The monoisotopic (exact) mass is 284 g/mol. The SMILES string of the molecule is Cc1ccc(NC(=O)c2ccc3nnc(C)n3c2)cc1F. The highest BCUT2D eigenvalue weighted by atomic mass is 19.1. The van der Waals surface area contributed by atoms with E-state index in [1.54, 1.807) is 48.7 Å². The minimum Gasteiger partial charge on any atom is -0.322 e. The number of carbonyl (C=O) groups is 1. The molecule has 1 amide bonds. The Hall–Kier alpha value is -2.76. The lowest BCUT2D eigenvalue weighted by Crippen LogP contribution is -2.13. The third-order valence-electron chi connectivity index (χ3n) is 3.26. The fraction of sp³-hybridized carbons (Fsp3) is 0.133. The van der Waals surface area contributed by atoms with Crippen LogP contribution in [0.25, 0.3) is 5.65 Å². The molecule has 0 aliphatic rings. The topological polar surface area (TPSA) is 59.3 Å². The second-order valence-corrected chi connectivity index (χ2v) is 4.81. The van der Waals surface area contributed by atoms with E-state index in [1.807, 2.05) is 0 Å². The molecular weight excluding hydrogens is 271 g/mol. The minimum atomic E-state index is -0.349. The van der Waals surface area contributed by atoms with Gasteiger partial charge >= 0.3 is 0 Å². The predicted molar refractivity (Wildman–Crippen MR) is 76.8 cm³/mol. The van der Waals surface area contributed by atoms with Crippen LogP contribution in [0.4, 0.5) is 10.1 Å². The van der Waals surface area contributed by atoms with Crippen molar-refractivity contribution in [3.05, 3.63) is 59.3 Å². The van der Waals surface area contributed by atoms with Gasteiger partial charge in [0.25, 0.3) is 5.91 Å². The number of benzene rings is 1. The van der Waals surface area contributed by atoms with E-state index in [2.05, 4.69) is 15.5 Å². The van der Waals surface area contributed by atoms with Gasteiger partial charge in [0.1, 0.15) is 11.6 Å². The van der Waals surface area contributed by atoms with Gasteiger partial charge in [-0.25, -0.2) is 4.39 Å². The van der Waals surface area contributed by atoms with Crippen molar-refractivity contribution in [1.82, 2.24) is 14.6 Å². The third kappa shape index (κ3) is 2.47. The molecule has 0 unspecified atom stereocenters. The summed E-state index contributed by atoms with van der Waals surface area (Å²) < 4.78 is 15.2. The van der Waals surface area contributed by atoms with E-state index >= 15 is 0 Å². The standard InChI is InChI=1S/C15H13FN4O/c1-9-3-5-12(7-13(9)16)17-15(21)11-4-6-14-19-18-10(2)20(14)8-11/h3-8H,1-2H3,(H,17,21). The first-order valence-electron chi connectivity index (χ1n) is 6.43. The molecule has 0 bridgehead atoms. The van der Waals surface area contributed by atoms with Crippen LogP contribution in [0.3, 0.4) is 0 Å². The van der Waals surface area contributed by atoms with Gasteiger partial charge in [-0.3, -0.25) is 9.20 Å². The summed E-state index contributed by atoms with van der Waals surface area (Å²) in [5.74, 6) is 0.0344. The van der Waals surface area contributed by atoms with Crippen LogP contribution in [0.2, 0.25) is 0 Å². The molecule has 3 rings (SSSR count). The number of rotatable bonds is 2.